The predicted molar refractivity (Wildman–Crippen MR) is 47.1 cm³/mol. The molecule has 0 fully saturated rings. The highest BCUT2D eigenvalue weighted by molar-refractivity contribution is 5.70. The first-order valence-electron chi connectivity index (χ1n) is 3.72. The molecule has 2 aromatic rings. The van der Waals surface area contributed by atoms with Crippen molar-refractivity contribution in [2.24, 2.45) is 0 Å². The lowest BCUT2D eigenvalue weighted by Gasteiger charge is -1.98. The van der Waals surface area contributed by atoms with Gasteiger partial charge in [0.25, 0.3) is 0 Å². The van der Waals surface area contributed by atoms with Gasteiger partial charge in [-0.1, -0.05) is 12.1 Å². The molecule has 0 saturated heterocycles. The second-order valence-electron chi connectivity index (χ2n) is 2.65. The molecule has 0 aromatic heterocycles. The number of benzene rings is 1. The lowest BCUT2D eigenvalue weighted by Crippen LogP contribution is -1.82. The van der Waals surface area contributed by atoms with Gasteiger partial charge in [0.15, 0.2) is 5.43 Å². The van der Waals surface area contributed by atoms with E-state index in [9.17, 15) is 4.79 Å². The number of rotatable bonds is 2. The van der Waals surface area contributed by atoms with E-state index in [0.717, 1.165) is 16.9 Å². The van der Waals surface area contributed by atoms with E-state index in [4.69, 9.17) is 4.74 Å². The molecule has 0 saturated carbocycles. The van der Waals surface area contributed by atoms with Crippen LogP contribution in [0.15, 0.2) is 35.1 Å². The molecule has 12 heavy (non-hydrogen) atoms. The van der Waals surface area contributed by atoms with Crippen molar-refractivity contribution in [3.8, 4) is 16.9 Å². The topological polar surface area (TPSA) is 26.3 Å². The van der Waals surface area contributed by atoms with Crippen LogP contribution in [-0.4, -0.2) is 7.11 Å². The summed E-state index contributed by atoms with van der Waals surface area (Å²) in [5.41, 5.74) is 1.93. The number of hydrogen-bond acceptors (Lipinski definition) is 2. The fourth-order valence-corrected chi connectivity index (χ4v) is 1.09. The second kappa shape index (κ2) is 2.48. The van der Waals surface area contributed by atoms with Crippen LogP contribution in [0.1, 0.15) is 0 Å². The Hall–Kier alpha value is -1.57. The summed E-state index contributed by atoms with van der Waals surface area (Å²) in [6, 6.07) is 9.09. The molecule has 0 radical (unpaired) electrons. The first kappa shape index (κ1) is 7.10. The summed E-state index contributed by atoms with van der Waals surface area (Å²) in [6.45, 7) is 0. The third-order valence-corrected chi connectivity index (χ3v) is 1.86. The molecular formula is C10H8O2. The molecule has 0 unspecified atom stereocenters. The third kappa shape index (κ3) is 1.11. The Morgan fingerprint density at radius 1 is 1.17 bits per heavy atom. The first-order valence-corrected chi connectivity index (χ1v) is 3.72. The van der Waals surface area contributed by atoms with Gasteiger partial charge < -0.3 is 4.74 Å². The highest BCUT2D eigenvalue weighted by Gasteiger charge is 2.09. The summed E-state index contributed by atoms with van der Waals surface area (Å²) in [5.74, 6) is 0.812. The average Bonchev–Trinajstić information content (AvgIpc) is 2.83. The Labute approximate surface area is 70.1 Å². The van der Waals surface area contributed by atoms with Gasteiger partial charge in [0.1, 0.15) is 5.75 Å². The fourth-order valence-electron chi connectivity index (χ4n) is 1.09. The zero-order valence-corrected chi connectivity index (χ0v) is 6.70. The molecule has 60 valence electrons. The Balaban J connectivity index is 2.32. The molecule has 2 heteroatoms. The van der Waals surface area contributed by atoms with E-state index in [0.29, 0.717) is 0 Å². The fraction of sp³-hybridized carbons (Fsp3) is 0.100. The van der Waals surface area contributed by atoms with Crippen LogP contribution >= 0.6 is 0 Å². The molecule has 0 bridgehead atoms. The van der Waals surface area contributed by atoms with Crippen molar-refractivity contribution in [3.05, 3.63) is 40.6 Å². The van der Waals surface area contributed by atoms with Gasteiger partial charge in [-0.25, -0.2) is 0 Å². The second-order valence-corrected chi connectivity index (χ2v) is 2.65. The lowest BCUT2D eigenvalue weighted by molar-refractivity contribution is 0.415. The largest absolute Gasteiger partial charge is 0.497 e. The Bertz CT molecular complexity index is 391. The number of methoxy groups -OCH3 is 1. The molecule has 2 rings (SSSR count). The maximum absolute atomic E-state index is 10.7. The van der Waals surface area contributed by atoms with Crippen molar-refractivity contribution in [2.45, 2.75) is 0 Å². The van der Waals surface area contributed by atoms with Gasteiger partial charge in [-0.3, -0.25) is 4.79 Å². The van der Waals surface area contributed by atoms with Crippen LogP contribution in [0.2, 0.25) is 0 Å². The number of hydrogen-bond donors (Lipinski definition) is 0. The molecule has 0 aliphatic carbocycles. The van der Waals surface area contributed by atoms with Crippen LogP contribution in [0.4, 0.5) is 0 Å². The normalized spacial score (nSPS) is 10.4. The quantitative estimate of drug-likeness (QED) is 0.667. The molecule has 0 heterocycles. The number of ether oxygens (including phenoxy) is 1. The monoisotopic (exact) mass is 160 g/mol. The zero-order valence-electron chi connectivity index (χ0n) is 6.70. The predicted octanol–water partition coefficient (Wildman–Crippen LogP) is 1.60. The van der Waals surface area contributed by atoms with Crippen molar-refractivity contribution in [1.29, 1.82) is 0 Å². The first-order chi connectivity index (χ1) is 5.81. The molecule has 0 atom stereocenters. The van der Waals surface area contributed by atoms with E-state index in [2.05, 4.69) is 0 Å². The molecule has 0 aliphatic rings. The van der Waals surface area contributed by atoms with Crippen LogP contribution in [0, 0.1) is 0 Å². The van der Waals surface area contributed by atoms with Gasteiger partial charge in [-0.15, -0.1) is 0 Å². The van der Waals surface area contributed by atoms with Crippen LogP contribution in [0.5, 0.6) is 5.75 Å². The SMILES string of the molecule is COc1ccc(-c2cc2=O)cc1. The summed E-state index contributed by atoms with van der Waals surface area (Å²) in [5, 5.41) is 0. The van der Waals surface area contributed by atoms with E-state index in [1.165, 1.54) is 0 Å². The van der Waals surface area contributed by atoms with Crippen molar-refractivity contribution in [1.82, 2.24) is 0 Å². The standard InChI is InChI=1S/C10H8O2/c1-12-8-4-2-7(3-5-8)9-6-10(9)11/h2-6H,1H3. The van der Waals surface area contributed by atoms with E-state index < -0.39 is 0 Å². The average molecular weight is 160 g/mol. The molecule has 0 spiro atoms. The van der Waals surface area contributed by atoms with E-state index in [-0.39, 0.29) is 5.43 Å². The van der Waals surface area contributed by atoms with Gasteiger partial charge in [0, 0.05) is 5.56 Å². The highest BCUT2D eigenvalue weighted by Crippen LogP contribution is 2.21. The van der Waals surface area contributed by atoms with Gasteiger partial charge in [0.2, 0.25) is 0 Å². The van der Waals surface area contributed by atoms with Crippen molar-refractivity contribution < 1.29 is 4.74 Å². The van der Waals surface area contributed by atoms with E-state index >= 15 is 0 Å². The smallest absolute Gasteiger partial charge is 0.187 e. The maximum Gasteiger partial charge on any atom is 0.187 e. The molecule has 2 nitrogen and oxygen atoms in total. The van der Waals surface area contributed by atoms with Crippen molar-refractivity contribution in [2.75, 3.05) is 7.11 Å². The minimum atomic E-state index is 0.139. The zero-order chi connectivity index (χ0) is 8.55. The molecular weight excluding hydrogens is 152 g/mol. The third-order valence-electron chi connectivity index (χ3n) is 1.86. The van der Waals surface area contributed by atoms with Gasteiger partial charge >= 0.3 is 0 Å². The van der Waals surface area contributed by atoms with Crippen LogP contribution in [0.3, 0.4) is 0 Å². The van der Waals surface area contributed by atoms with Gasteiger partial charge in [-0.05, 0) is 23.8 Å². The Morgan fingerprint density at radius 2 is 1.75 bits per heavy atom. The molecule has 0 N–H and O–H groups in total. The molecule has 0 amide bonds. The van der Waals surface area contributed by atoms with Crippen LogP contribution < -0.4 is 10.2 Å². The van der Waals surface area contributed by atoms with E-state index in [1.54, 1.807) is 13.2 Å². The van der Waals surface area contributed by atoms with Crippen molar-refractivity contribution in [3.63, 3.8) is 0 Å². The van der Waals surface area contributed by atoms with Crippen LogP contribution in [0.25, 0.3) is 11.1 Å². The lowest BCUT2D eigenvalue weighted by atomic mass is 10.2. The summed E-state index contributed by atoms with van der Waals surface area (Å²) < 4.78 is 4.99. The molecule has 0 aliphatic heterocycles. The van der Waals surface area contributed by atoms with Crippen molar-refractivity contribution >= 4 is 0 Å². The molecule has 2 aromatic carbocycles. The minimum absolute atomic E-state index is 0.139. The Morgan fingerprint density at radius 3 is 2.17 bits per heavy atom. The minimum Gasteiger partial charge on any atom is -0.497 e. The van der Waals surface area contributed by atoms with Crippen LogP contribution in [-0.2, 0) is 0 Å². The summed E-state index contributed by atoms with van der Waals surface area (Å²) in [4.78, 5) is 10.7. The van der Waals surface area contributed by atoms with E-state index in [1.807, 2.05) is 24.3 Å². The maximum atomic E-state index is 10.7. The summed E-state index contributed by atoms with van der Waals surface area (Å²) in [7, 11) is 1.62. The Kier molecular flexibility index (Phi) is 1.47. The summed E-state index contributed by atoms with van der Waals surface area (Å²) in [6.07, 6.45) is 0. The van der Waals surface area contributed by atoms with Gasteiger partial charge in [0.05, 0.1) is 7.11 Å². The van der Waals surface area contributed by atoms with Gasteiger partial charge in [-0.2, -0.15) is 0 Å². The highest BCUT2D eigenvalue weighted by atomic mass is 16.5. The summed E-state index contributed by atoms with van der Waals surface area (Å²) >= 11 is 0.